The van der Waals surface area contributed by atoms with Gasteiger partial charge in [0.05, 0.1) is 15.9 Å². The van der Waals surface area contributed by atoms with E-state index in [1.807, 2.05) is 6.92 Å². The normalized spacial score (nSPS) is 18.8. The number of aryl methyl sites for hydroxylation is 2. The largest absolute Gasteiger partial charge is 0.297 e. The fraction of sp³-hybridized carbons (Fsp3) is 0.750. The summed E-state index contributed by atoms with van der Waals surface area (Å²) in [5.74, 6) is 0. The van der Waals surface area contributed by atoms with Gasteiger partial charge in [0.15, 0.2) is 0 Å². The van der Waals surface area contributed by atoms with Crippen LogP contribution in [-0.2, 0) is 13.1 Å². The third-order valence-electron chi connectivity index (χ3n) is 3.34. The number of rotatable bonds is 3. The molecule has 0 N–H and O–H groups in total. The fourth-order valence-corrected chi connectivity index (χ4v) is 2.90. The van der Waals surface area contributed by atoms with Crippen LogP contribution in [0.3, 0.4) is 0 Å². The van der Waals surface area contributed by atoms with Crippen LogP contribution < -0.4 is 0 Å². The molecule has 5 heteroatoms. The van der Waals surface area contributed by atoms with Crippen LogP contribution in [0.2, 0.25) is 0 Å². The lowest BCUT2D eigenvalue weighted by Crippen LogP contribution is -2.34. The van der Waals surface area contributed by atoms with Gasteiger partial charge in [-0.25, -0.2) is 0 Å². The number of halogens is 2. The molecule has 1 aromatic rings. The van der Waals surface area contributed by atoms with Crippen LogP contribution in [-0.4, -0.2) is 33.1 Å². The molecular formula is C12H19BrClN3. The van der Waals surface area contributed by atoms with Crippen molar-refractivity contribution < 1.29 is 0 Å². The van der Waals surface area contributed by atoms with Crippen molar-refractivity contribution in [1.29, 1.82) is 0 Å². The lowest BCUT2D eigenvalue weighted by molar-refractivity contribution is 0.217. The summed E-state index contributed by atoms with van der Waals surface area (Å²) in [6.07, 6.45) is 2.19. The first kappa shape index (κ1) is 13.4. The Balaban J connectivity index is 2.07. The lowest BCUT2D eigenvalue weighted by Gasteiger charge is -2.29. The minimum atomic E-state index is 0.368. The number of nitrogens with zero attached hydrogens (tertiary/aromatic N) is 3. The van der Waals surface area contributed by atoms with Crippen LogP contribution in [0.4, 0.5) is 0 Å². The second-order valence-corrected chi connectivity index (χ2v) is 6.02. The van der Waals surface area contributed by atoms with Gasteiger partial charge < -0.3 is 0 Å². The van der Waals surface area contributed by atoms with Crippen LogP contribution in [0.15, 0.2) is 4.47 Å². The molecular weight excluding hydrogens is 302 g/mol. The summed E-state index contributed by atoms with van der Waals surface area (Å²) in [7, 11) is 0. The van der Waals surface area contributed by atoms with E-state index in [4.69, 9.17) is 11.6 Å². The molecule has 0 unspecified atom stereocenters. The highest BCUT2D eigenvalue weighted by Crippen LogP contribution is 2.24. The van der Waals surface area contributed by atoms with Gasteiger partial charge in [-0.2, -0.15) is 5.10 Å². The molecule has 1 aromatic heterocycles. The first-order valence-corrected chi connectivity index (χ1v) is 7.43. The van der Waals surface area contributed by atoms with Crippen LogP contribution in [0.5, 0.6) is 0 Å². The lowest BCUT2D eigenvalue weighted by atomic mass is 10.1. The molecule has 0 aliphatic carbocycles. The Hall–Kier alpha value is -0.0600. The topological polar surface area (TPSA) is 21.1 Å². The van der Waals surface area contributed by atoms with Gasteiger partial charge in [-0.15, -0.1) is 11.6 Å². The van der Waals surface area contributed by atoms with E-state index in [1.54, 1.807) is 0 Å². The van der Waals surface area contributed by atoms with Gasteiger partial charge >= 0.3 is 0 Å². The molecule has 1 saturated heterocycles. The second-order valence-electron chi connectivity index (χ2n) is 4.61. The zero-order valence-corrected chi connectivity index (χ0v) is 12.8. The van der Waals surface area contributed by atoms with Crippen molar-refractivity contribution >= 4 is 27.5 Å². The Labute approximate surface area is 116 Å². The first-order valence-electron chi connectivity index (χ1n) is 6.20. The Kier molecular flexibility index (Phi) is 4.50. The van der Waals surface area contributed by atoms with Gasteiger partial charge in [-0.05, 0) is 55.7 Å². The molecule has 1 fully saturated rings. The first-order chi connectivity index (χ1) is 8.11. The molecule has 0 aromatic carbocycles. The Morgan fingerprint density at radius 2 is 2.06 bits per heavy atom. The van der Waals surface area contributed by atoms with Gasteiger partial charge in [-0.3, -0.25) is 9.58 Å². The highest BCUT2D eigenvalue weighted by atomic mass is 79.9. The molecule has 96 valence electrons. The third-order valence-corrected chi connectivity index (χ3v) is 4.81. The molecule has 17 heavy (non-hydrogen) atoms. The van der Waals surface area contributed by atoms with E-state index in [0.717, 1.165) is 49.2 Å². The molecule has 0 amide bonds. The van der Waals surface area contributed by atoms with Crippen molar-refractivity contribution in [2.75, 3.05) is 13.1 Å². The molecule has 0 radical (unpaired) electrons. The van der Waals surface area contributed by atoms with E-state index >= 15 is 0 Å². The summed E-state index contributed by atoms with van der Waals surface area (Å²) in [6, 6.07) is 0. The van der Waals surface area contributed by atoms with E-state index in [2.05, 4.69) is 37.5 Å². The minimum Gasteiger partial charge on any atom is -0.297 e. The van der Waals surface area contributed by atoms with Crippen molar-refractivity contribution in [2.24, 2.45) is 0 Å². The quantitative estimate of drug-likeness (QED) is 0.798. The van der Waals surface area contributed by atoms with Crippen molar-refractivity contribution in [3.8, 4) is 0 Å². The fourth-order valence-electron chi connectivity index (χ4n) is 2.29. The van der Waals surface area contributed by atoms with Crippen molar-refractivity contribution in [3.63, 3.8) is 0 Å². The van der Waals surface area contributed by atoms with Gasteiger partial charge in [0, 0.05) is 18.5 Å². The predicted octanol–water partition coefficient (Wildman–Crippen LogP) is 3.18. The van der Waals surface area contributed by atoms with Gasteiger partial charge in [0.2, 0.25) is 0 Å². The van der Waals surface area contributed by atoms with Crippen LogP contribution in [0.25, 0.3) is 0 Å². The van der Waals surface area contributed by atoms with Gasteiger partial charge in [-0.1, -0.05) is 0 Å². The maximum atomic E-state index is 6.13. The highest BCUT2D eigenvalue weighted by Gasteiger charge is 2.20. The van der Waals surface area contributed by atoms with E-state index in [1.165, 1.54) is 5.69 Å². The summed E-state index contributed by atoms with van der Waals surface area (Å²) in [5, 5.41) is 4.89. The Bertz CT molecular complexity index is 383. The maximum absolute atomic E-state index is 6.13. The van der Waals surface area contributed by atoms with Crippen molar-refractivity contribution in [1.82, 2.24) is 14.7 Å². The van der Waals surface area contributed by atoms with Crippen molar-refractivity contribution in [3.05, 3.63) is 15.9 Å². The average Bonchev–Trinajstić information content (AvgIpc) is 2.59. The van der Waals surface area contributed by atoms with Crippen molar-refractivity contribution in [2.45, 2.75) is 45.2 Å². The summed E-state index contributed by atoms with van der Waals surface area (Å²) in [5.41, 5.74) is 2.37. The monoisotopic (exact) mass is 319 g/mol. The SMILES string of the molecule is CCn1nc(C)c(Br)c1CN1CCC(Cl)CC1. The number of likely N-dealkylation sites (tertiary alicyclic amines) is 1. The minimum absolute atomic E-state index is 0.368. The van der Waals surface area contributed by atoms with E-state index in [-0.39, 0.29) is 0 Å². The van der Waals surface area contributed by atoms with E-state index < -0.39 is 0 Å². The van der Waals surface area contributed by atoms with Gasteiger partial charge in [0.1, 0.15) is 0 Å². The predicted molar refractivity (Wildman–Crippen MR) is 74.5 cm³/mol. The smallest absolute Gasteiger partial charge is 0.0739 e. The number of aromatic nitrogens is 2. The molecule has 2 rings (SSSR count). The number of piperidine rings is 1. The third kappa shape index (κ3) is 3.04. The summed E-state index contributed by atoms with van der Waals surface area (Å²) in [6.45, 7) is 8.26. The molecule has 0 bridgehead atoms. The molecule has 0 saturated carbocycles. The van der Waals surface area contributed by atoms with Gasteiger partial charge in [0.25, 0.3) is 0 Å². The summed E-state index contributed by atoms with van der Waals surface area (Å²) in [4.78, 5) is 2.46. The Morgan fingerprint density at radius 1 is 1.41 bits per heavy atom. The zero-order valence-electron chi connectivity index (χ0n) is 10.4. The maximum Gasteiger partial charge on any atom is 0.0739 e. The van der Waals surface area contributed by atoms with E-state index in [9.17, 15) is 0 Å². The molecule has 0 spiro atoms. The molecule has 1 aliphatic rings. The number of hydrogen-bond donors (Lipinski definition) is 0. The van der Waals surface area contributed by atoms with Crippen LogP contribution >= 0.6 is 27.5 Å². The zero-order chi connectivity index (χ0) is 12.4. The van der Waals surface area contributed by atoms with Crippen LogP contribution in [0.1, 0.15) is 31.2 Å². The Morgan fingerprint density at radius 3 is 2.65 bits per heavy atom. The van der Waals surface area contributed by atoms with E-state index in [0.29, 0.717) is 5.38 Å². The molecule has 0 atom stereocenters. The standard InChI is InChI=1S/C12H19BrClN3/c1-3-17-11(12(13)9(2)15-17)8-16-6-4-10(14)5-7-16/h10H,3-8H2,1-2H3. The molecule has 2 heterocycles. The summed E-state index contributed by atoms with van der Waals surface area (Å²) >= 11 is 9.77. The van der Waals surface area contributed by atoms with Crippen LogP contribution in [0, 0.1) is 6.92 Å². The molecule has 1 aliphatic heterocycles. The second kappa shape index (κ2) is 5.72. The molecule has 3 nitrogen and oxygen atoms in total. The summed E-state index contributed by atoms with van der Waals surface area (Å²) < 4.78 is 3.25. The average molecular weight is 321 g/mol. The number of alkyl halides is 1. The number of hydrogen-bond acceptors (Lipinski definition) is 2. The highest BCUT2D eigenvalue weighted by molar-refractivity contribution is 9.10.